The molecule has 0 aliphatic carbocycles. The van der Waals surface area contributed by atoms with Gasteiger partial charge in [0.2, 0.25) is 5.91 Å². The van der Waals surface area contributed by atoms with Crippen LogP contribution in [0.25, 0.3) is 10.6 Å². The van der Waals surface area contributed by atoms with E-state index in [2.05, 4.69) is 5.32 Å². The van der Waals surface area contributed by atoms with Gasteiger partial charge in [-0.05, 0) is 64.2 Å². The Kier molecular flexibility index (Phi) is 9.09. The predicted octanol–water partition coefficient (Wildman–Crippen LogP) is 5.08. The molecule has 3 aromatic rings. The molecule has 0 saturated heterocycles. The molecule has 0 spiro atoms. The predicted molar refractivity (Wildman–Crippen MR) is 132 cm³/mol. The Bertz CT molecular complexity index is 1040. The summed E-state index contributed by atoms with van der Waals surface area (Å²) in [5.74, 6) is 2.03. The second kappa shape index (κ2) is 12.2. The van der Waals surface area contributed by atoms with E-state index in [1.807, 2.05) is 74.5 Å². The van der Waals surface area contributed by atoms with Crippen molar-refractivity contribution in [3.05, 3.63) is 53.5 Å². The fourth-order valence-electron chi connectivity index (χ4n) is 3.28. The smallest absolute Gasteiger partial charge is 0.238 e. The molecule has 0 aliphatic rings. The maximum absolute atomic E-state index is 12.6. The van der Waals surface area contributed by atoms with Crippen molar-refractivity contribution in [3.63, 3.8) is 0 Å². The van der Waals surface area contributed by atoms with Crippen LogP contribution in [0.3, 0.4) is 0 Å². The number of carbonyl (C=O) groups is 1. The first-order valence-electron chi connectivity index (χ1n) is 11.1. The highest BCUT2D eigenvalue weighted by Crippen LogP contribution is 2.30. The summed E-state index contributed by atoms with van der Waals surface area (Å²) in [4.78, 5) is 19.2. The summed E-state index contributed by atoms with van der Waals surface area (Å²) in [7, 11) is 1.90. The van der Waals surface area contributed by atoms with Gasteiger partial charge >= 0.3 is 0 Å². The van der Waals surface area contributed by atoms with Gasteiger partial charge in [-0.1, -0.05) is 0 Å². The highest BCUT2D eigenvalue weighted by atomic mass is 32.1. The number of likely N-dealkylation sites (N-methyl/N-ethyl adjacent to an activating group) is 1. The molecule has 0 atom stereocenters. The molecule has 1 amide bonds. The quantitative estimate of drug-likeness (QED) is 0.399. The van der Waals surface area contributed by atoms with Gasteiger partial charge in [0.1, 0.15) is 10.8 Å². The number of thiazole rings is 1. The molecule has 0 aliphatic heterocycles. The summed E-state index contributed by atoms with van der Waals surface area (Å²) in [5.41, 5.74) is 2.65. The summed E-state index contributed by atoms with van der Waals surface area (Å²) in [5, 5.41) is 5.90. The Morgan fingerprint density at radius 1 is 0.970 bits per heavy atom. The lowest BCUT2D eigenvalue weighted by Crippen LogP contribution is -2.29. The van der Waals surface area contributed by atoms with Crippen LogP contribution in [0.15, 0.2) is 47.8 Å². The molecular weight excluding hydrogens is 438 g/mol. The minimum Gasteiger partial charge on any atom is -0.494 e. The Balaban J connectivity index is 1.55. The van der Waals surface area contributed by atoms with Gasteiger partial charge < -0.3 is 19.5 Å². The van der Waals surface area contributed by atoms with Crippen LogP contribution in [0.5, 0.6) is 17.2 Å². The number of amides is 1. The van der Waals surface area contributed by atoms with Gasteiger partial charge in [0.15, 0.2) is 11.5 Å². The molecule has 0 unspecified atom stereocenters. The minimum atomic E-state index is -0.105. The number of benzene rings is 2. The van der Waals surface area contributed by atoms with Crippen LogP contribution >= 0.6 is 11.3 Å². The van der Waals surface area contributed by atoms with Crippen LogP contribution in [-0.2, 0) is 11.3 Å². The van der Waals surface area contributed by atoms with E-state index in [9.17, 15) is 4.79 Å². The maximum atomic E-state index is 12.6. The third kappa shape index (κ3) is 7.20. The van der Waals surface area contributed by atoms with Gasteiger partial charge in [-0.3, -0.25) is 9.69 Å². The van der Waals surface area contributed by atoms with Crippen molar-refractivity contribution in [1.82, 2.24) is 9.88 Å². The van der Waals surface area contributed by atoms with E-state index in [0.717, 1.165) is 22.0 Å². The molecule has 8 heteroatoms. The number of nitrogens with one attached hydrogen (secondary N) is 1. The van der Waals surface area contributed by atoms with Crippen LogP contribution < -0.4 is 19.5 Å². The Labute approximate surface area is 199 Å². The summed E-state index contributed by atoms with van der Waals surface area (Å²) < 4.78 is 16.7. The van der Waals surface area contributed by atoms with Crippen molar-refractivity contribution in [1.29, 1.82) is 0 Å². The van der Waals surface area contributed by atoms with Crippen molar-refractivity contribution in [2.24, 2.45) is 0 Å². The average molecular weight is 470 g/mol. The highest BCUT2D eigenvalue weighted by Gasteiger charge is 2.12. The summed E-state index contributed by atoms with van der Waals surface area (Å²) in [6.07, 6.45) is 0. The van der Waals surface area contributed by atoms with Crippen LogP contribution in [0.2, 0.25) is 0 Å². The van der Waals surface area contributed by atoms with Gasteiger partial charge in [0.05, 0.1) is 32.1 Å². The zero-order valence-electron chi connectivity index (χ0n) is 19.6. The number of rotatable bonds is 12. The van der Waals surface area contributed by atoms with E-state index in [1.54, 1.807) is 17.4 Å². The fourth-order valence-corrected chi connectivity index (χ4v) is 4.10. The van der Waals surface area contributed by atoms with E-state index in [1.165, 1.54) is 0 Å². The van der Waals surface area contributed by atoms with Crippen LogP contribution in [0.4, 0.5) is 5.69 Å². The number of nitrogens with zero attached hydrogens (tertiary/aromatic N) is 2. The maximum Gasteiger partial charge on any atom is 0.238 e. The molecule has 33 heavy (non-hydrogen) atoms. The van der Waals surface area contributed by atoms with Gasteiger partial charge in [0, 0.05) is 29.2 Å². The van der Waals surface area contributed by atoms with Crippen LogP contribution in [-0.4, -0.2) is 49.2 Å². The van der Waals surface area contributed by atoms with Crippen molar-refractivity contribution < 1.29 is 19.0 Å². The number of hydrogen-bond donors (Lipinski definition) is 1. The lowest BCUT2D eigenvalue weighted by molar-refractivity contribution is -0.117. The number of hydrogen-bond acceptors (Lipinski definition) is 7. The van der Waals surface area contributed by atoms with E-state index >= 15 is 0 Å². The Morgan fingerprint density at radius 3 is 2.36 bits per heavy atom. The molecular formula is C25H31N3O4S. The molecule has 1 heterocycles. The monoisotopic (exact) mass is 469 g/mol. The fraction of sp³-hybridized carbons (Fsp3) is 0.360. The first kappa shape index (κ1) is 24.5. The molecule has 7 nitrogen and oxygen atoms in total. The van der Waals surface area contributed by atoms with Gasteiger partial charge in [-0.15, -0.1) is 11.3 Å². The topological polar surface area (TPSA) is 72.9 Å². The normalized spacial score (nSPS) is 10.8. The second-order valence-corrected chi connectivity index (χ2v) is 8.21. The molecule has 1 N–H and O–H groups in total. The van der Waals surface area contributed by atoms with Gasteiger partial charge in [-0.2, -0.15) is 0 Å². The summed E-state index contributed by atoms with van der Waals surface area (Å²) >= 11 is 1.59. The number of ether oxygens (including phenoxy) is 3. The van der Waals surface area contributed by atoms with E-state index in [-0.39, 0.29) is 12.5 Å². The lowest BCUT2D eigenvalue weighted by Gasteiger charge is -2.16. The molecule has 3 rings (SSSR count). The molecule has 0 fully saturated rings. The first-order chi connectivity index (χ1) is 16.0. The van der Waals surface area contributed by atoms with E-state index in [0.29, 0.717) is 43.6 Å². The minimum absolute atomic E-state index is 0.105. The summed E-state index contributed by atoms with van der Waals surface area (Å²) in [6.45, 7) is 8.34. The SMILES string of the molecule is CCOc1ccc(-c2nc(CN(C)CC(=O)Nc3ccc(OCC)c(OCC)c3)cs2)cc1. The molecule has 176 valence electrons. The zero-order valence-corrected chi connectivity index (χ0v) is 20.4. The average Bonchev–Trinajstić information content (AvgIpc) is 3.24. The second-order valence-electron chi connectivity index (χ2n) is 7.35. The van der Waals surface area contributed by atoms with Crippen molar-refractivity contribution in [3.8, 4) is 27.8 Å². The van der Waals surface area contributed by atoms with E-state index < -0.39 is 0 Å². The van der Waals surface area contributed by atoms with Gasteiger partial charge in [-0.25, -0.2) is 4.98 Å². The van der Waals surface area contributed by atoms with Gasteiger partial charge in [0.25, 0.3) is 0 Å². The van der Waals surface area contributed by atoms with Crippen molar-refractivity contribution in [2.75, 3.05) is 38.7 Å². The highest BCUT2D eigenvalue weighted by molar-refractivity contribution is 7.13. The largest absolute Gasteiger partial charge is 0.494 e. The summed E-state index contributed by atoms with van der Waals surface area (Å²) in [6, 6.07) is 13.3. The number of aromatic nitrogens is 1. The first-order valence-corrected chi connectivity index (χ1v) is 12.0. The molecule has 1 aromatic heterocycles. The third-order valence-electron chi connectivity index (χ3n) is 4.64. The third-order valence-corrected chi connectivity index (χ3v) is 5.58. The van der Waals surface area contributed by atoms with Crippen LogP contribution in [0.1, 0.15) is 26.5 Å². The van der Waals surface area contributed by atoms with Crippen molar-refractivity contribution >= 4 is 22.9 Å². The Morgan fingerprint density at radius 2 is 1.67 bits per heavy atom. The Hall–Kier alpha value is -3.10. The molecule has 0 saturated carbocycles. The molecule has 2 aromatic carbocycles. The van der Waals surface area contributed by atoms with Crippen LogP contribution in [0, 0.1) is 0 Å². The zero-order chi connectivity index (χ0) is 23.6. The number of anilines is 1. The lowest BCUT2D eigenvalue weighted by atomic mass is 10.2. The molecule has 0 bridgehead atoms. The number of carbonyl (C=O) groups excluding carboxylic acids is 1. The van der Waals surface area contributed by atoms with E-state index in [4.69, 9.17) is 19.2 Å². The molecule has 0 radical (unpaired) electrons. The van der Waals surface area contributed by atoms with Crippen molar-refractivity contribution in [2.45, 2.75) is 27.3 Å². The standard InChI is InChI=1S/C25H31N3O4S/c1-5-30-21-11-8-18(9-12-21)25-27-20(17-33-25)15-28(4)16-24(29)26-19-10-13-22(31-6-2)23(14-19)32-7-3/h8-14,17H,5-7,15-16H2,1-4H3,(H,26,29).